The van der Waals surface area contributed by atoms with Crippen LogP contribution in [0.5, 0.6) is 0 Å². The van der Waals surface area contributed by atoms with Crippen molar-refractivity contribution in [2.75, 3.05) is 6.26 Å². The van der Waals surface area contributed by atoms with Crippen molar-refractivity contribution in [3.8, 4) is 0 Å². The minimum absolute atomic E-state index is 0.122. The quantitative estimate of drug-likeness (QED) is 0.530. The monoisotopic (exact) mass is 130 g/mol. The molecule has 0 atom stereocenters. The fourth-order valence-corrected chi connectivity index (χ4v) is 0.629. The smallest absolute Gasteiger partial charge is 0.153 e. The lowest BCUT2D eigenvalue weighted by Crippen LogP contribution is -1.80. The first-order valence-electron chi connectivity index (χ1n) is 2.39. The van der Waals surface area contributed by atoms with Gasteiger partial charge in [0, 0.05) is 0 Å². The predicted octanol–water partition coefficient (Wildman–Crippen LogP) is 1.84. The minimum atomic E-state index is 0.122. The van der Waals surface area contributed by atoms with Gasteiger partial charge in [0.15, 0.2) is 5.78 Å². The fraction of sp³-hybridized carbons (Fsp3) is 0.500. The van der Waals surface area contributed by atoms with Crippen LogP contribution in [0.3, 0.4) is 0 Å². The SMILES string of the molecule is CS/C(C)=C\C(C)=O. The highest BCUT2D eigenvalue weighted by atomic mass is 32.2. The molecule has 2 heteroatoms. The lowest BCUT2D eigenvalue weighted by Gasteiger charge is -1.88. The van der Waals surface area contributed by atoms with Crippen molar-refractivity contribution in [1.82, 2.24) is 0 Å². The highest BCUT2D eigenvalue weighted by Gasteiger charge is 1.85. The van der Waals surface area contributed by atoms with E-state index in [9.17, 15) is 4.79 Å². The molecule has 0 saturated carbocycles. The van der Waals surface area contributed by atoms with Crippen molar-refractivity contribution in [3.05, 3.63) is 11.0 Å². The van der Waals surface area contributed by atoms with Gasteiger partial charge in [0.25, 0.3) is 0 Å². The normalized spacial score (nSPS) is 11.6. The molecule has 0 rings (SSSR count). The van der Waals surface area contributed by atoms with E-state index in [1.54, 1.807) is 24.8 Å². The van der Waals surface area contributed by atoms with Crippen molar-refractivity contribution in [1.29, 1.82) is 0 Å². The van der Waals surface area contributed by atoms with E-state index in [1.807, 2.05) is 13.2 Å². The molecule has 8 heavy (non-hydrogen) atoms. The molecule has 0 aromatic rings. The van der Waals surface area contributed by atoms with E-state index in [1.165, 1.54) is 0 Å². The van der Waals surface area contributed by atoms with Crippen molar-refractivity contribution < 1.29 is 4.79 Å². The summed E-state index contributed by atoms with van der Waals surface area (Å²) < 4.78 is 0. The molecule has 0 unspecified atom stereocenters. The standard InChI is InChI=1S/C6H10OS/c1-5(7)4-6(2)8-3/h4H,1-3H3/b6-4-. The van der Waals surface area contributed by atoms with Crippen molar-refractivity contribution in [2.24, 2.45) is 0 Å². The largest absolute Gasteiger partial charge is 0.295 e. The first kappa shape index (κ1) is 7.76. The second-order valence-corrected chi connectivity index (χ2v) is 2.62. The topological polar surface area (TPSA) is 17.1 Å². The summed E-state index contributed by atoms with van der Waals surface area (Å²) >= 11 is 1.59. The van der Waals surface area contributed by atoms with Crippen LogP contribution < -0.4 is 0 Å². The highest BCUT2D eigenvalue weighted by Crippen LogP contribution is 2.08. The Morgan fingerprint density at radius 2 is 2.00 bits per heavy atom. The molecule has 0 aliphatic rings. The molecule has 0 aliphatic carbocycles. The maximum Gasteiger partial charge on any atom is 0.153 e. The first-order chi connectivity index (χ1) is 3.66. The summed E-state index contributed by atoms with van der Waals surface area (Å²) in [5.74, 6) is 0.122. The van der Waals surface area contributed by atoms with E-state index >= 15 is 0 Å². The average Bonchev–Trinajstić information content (AvgIpc) is 1.65. The van der Waals surface area contributed by atoms with Crippen LogP contribution in [0.1, 0.15) is 13.8 Å². The molecule has 0 radical (unpaired) electrons. The van der Waals surface area contributed by atoms with Gasteiger partial charge in [-0.2, -0.15) is 0 Å². The third-order valence-electron chi connectivity index (χ3n) is 0.729. The first-order valence-corrected chi connectivity index (χ1v) is 3.62. The number of allylic oxidation sites excluding steroid dienone is 2. The number of carbonyl (C=O) groups excluding carboxylic acids is 1. The summed E-state index contributed by atoms with van der Waals surface area (Å²) in [4.78, 5) is 11.4. The van der Waals surface area contributed by atoms with E-state index in [0.29, 0.717) is 0 Å². The summed E-state index contributed by atoms with van der Waals surface area (Å²) in [6.45, 7) is 3.48. The molecule has 0 aliphatic heterocycles. The molecule has 0 aromatic carbocycles. The van der Waals surface area contributed by atoms with Crippen LogP contribution in [0.2, 0.25) is 0 Å². The van der Waals surface area contributed by atoms with Crippen LogP contribution in [-0.2, 0) is 4.79 Å². The molecular formula is C6H10OS. The van der Waals surface area contributed by atoms with Crippen LogP contribution in [-0.4, -0.2) is 12.0 Å². The molecule has 0 saturated heterocycles. The molecule has 0 heterocycles. The number of thioether (sulfide) groups is 1. The second kappa shape index (κ2) is 3.72. The van der Waals surface area contributed by atoms with Crippen molar-refractivity contribution in [2.45, 2.75) is 13.8 Å². The maximum absolute atomic E-state index is 10.3. The van der Waals surface area contributed by atoms with E-state index < -0.39 is 0 Å². The summed E-state index contributed by atoms with van der Waals surface area (Å²) in [6.07, 6.45) is 3.58. The van der Waals surface area contributed by atoms with Crippen LogP contribution in [0.15, 0.2) is 11.0 Å². The third-order valence-corrected chi connectivity index (χ3v) is 1.49. The molecule has 0 spiro atoms. The van der Waals surface area contributed by atoms with Gasteiger partial charge < -0.3 is 0 Å². The van der Waals surface area contributed by atoms with Gasteiger partial charge in [-0.25, -0.2) is 0 Å². The average molecular weight is 130 g/mol. The minimum Gasteiger partial charge on any atom is -0.295 e. The number of carbonyl (C=O) groups is 1. The summed E-state index contributed by atoms with van der Waals surface area (Å²) in [5.41, 5.74) is 0. The molecule has 0 bridgehead atoms. The second-order valence-electron chi connectivity index (χ2n) is 1.57. The van der Waals surface area contributed by atoms with Gasteiger partial charge in [-0.05, 0) is 31.1 Å². The number of rotatable bonds is 2. The predicted molar refractivity (Wildman–Crippen MR) is 38.0 cm³/mol. The number of hydrogen-bond acceptors (Lipinski definition) is 2. The summed E-state index contributed by atoms with van der Waals surface area (Å²) in [5, 5.41) is 0. The van der Waals surface area contributed by atoms with Gasteiger partial charge in [0.05, 0.1) is 0 Å². The van der Waals surface area contributed by atoms with Crippen LogP contribution in [0.25, 0.3) is 0 Å². The van der Waals surface area contributed by atoms with E-state index in [0.717, 1.165) is 4.91 Å². The Morgan fingerprint density at radius 3 is 2.12 bits per heavy atom. The Hall–Kier alpha value is -0.240. The van der Waals surface area contributed by atoms with E-state index in [4.69, 9.17) is 0 Å². The van der Waals surface area contributed by atoms with Crippen molar-refractivity contribution >= 4 is 17.5 Å². The van der Waals surface area contributed by atoms with E-state index in [2.05, 4.69) is 0 Å². The zero-order valence-electron chi connectivity index (χ0n) is 5.39. The van der Waals surface area contributed by atoms with E-state index in [-0.39, 0.29) is 5.78 Å². The van der Waals surface area contributed by atoms with Gasteiger partial charge >= 0.3 is 0 Å². The lowest BCUT2D eigenvalue weighted by atomic mass is 10.4. The molecule has 0 amide bonds. The number of ketones is 1. The molecule has 0 fully saturated rings. The number of hydrogen-bond donors (Lipinski definition) is 0. The maximum atomic E-state index is 10.3. The lowest BCUT2D eigenvalue weighted by molar-refractivity contribution is -0.112. The molecular weight excluding hydrogens is 120 g/mol. The Kier molecular flexibility index (Phi) is 3.61. The van der Waals surface area contributed by atoms with Crippen LogP contribution in [0, 0.1) is 0 Å². The van der Waals surface area contributed by atoms with Gasteiger partial charge in [0.1, 0.15) is 0 Å². The Morgan fingerprint density at radius 1 is 1.50 bits per heavy atom. The molecule has 46 valence electrons. The molecule has 0 N–H and O–H groups in total. The van der Waals surface area contributed by atoms with Crippen LogP contribution >= 0.6 is 11.8 Å². The Labute approximate surface area is 54.2 Å². The molecule has 1 nitrogen and oxygen atoms in total. The Balaban J connectivity index is 3.75. The highest BCUT2D eigenvalue weighted by molar-refractivity contribution is 8.02. The van der Waals surface area contributed by atoms with Gasteiger partial charge in [-0.15, -0.1) is 11.8 Å². The zero-order valence-corrected chi connectivity index (χ0v) is 6.21. The fourth-order valence-electron chi connectivity index (χ4n) is 0.345. The Bertz CT molecular complexity index is 116. The summed E-state index contributed by atoms with van der Waals surface area (Å²) in [6, 6.07) is 0. The zero-order chi connectivity index (χ0) is 6.57. The van der Waals surface area contributed by atoms with Gasteiger partial charge in [-0.3, -0.25) is 4.79 Å². The van der Waals surface area contributed by atoms with Crippen LogP contribution in [0.4, 0.5) is 0 Å². The third kappa shape index (κ3) is 3.93. The van der Waals surface area contributed by atoms with Crippen molar-refractivity contribution in [3.63, 3.8) is 0 Å². The summed E-state index contributed by atoms with van der Waals surface area (Å²) in [7, 11) is 0. The molecule has 0 aromatic heterocycles. The van der Waals surface area contributed by atoms with Gasteiger partial charge in [0.2, 0.25) is 0 Å². The van der Waals surface area contributed by atoms with Gasteiger partial charge in [-0.1, -0.05) is 0 Å².